The van der Waals surface area contributed by atoms with E-state index < -0.39 is 0 Å². The Hall–Kier alpha value is -1.42. The number of rotatable bonds is 6. The number of aryl methyl sites for hydroxylation is 1. The van der Waals surface area contributed by atoms with E-state index in [1.54, 1.807) is 24.9 Å². The van der Waals surface area contributed by atoms with E-state index >= 15 is 0 Å². The zero-order chi connectivity index (χ0) is 21.1. The third kappa shape index (κ3) is 4.84. The summed E-state index contributed by atoms with van der Waals surface area (Å²) in [5, 5.41) is 4.52. The molecule has 29 heavy (non-hydrogen) atoms. The molecule has 2 aromatic heterocycles. The number of esters is 1. The summed E-state index contributed by atoms with van der Waals surface area (Å²) in [6, 6.07) is 0.00434. The van der Waals surface area contributed by atoms with E-state index in [0.717, 1.165) is 30.4 Å². The summed E-state index contributed by atoms with van der Waals surface area (Å²) in [6.07, 6.45) is 4.35. The van der Waals surface area contributed by atoms with Crippen LogP contribution < -0.4 is 10.2 Å². The minimum absolute atomic E-state index is 0.00434. The van der Waals surface area contributed by atoms with Crippen LogP contribution in [0.15, 0.2) is 6.20 Å². The van der Waals surface area contributed by atoms with Crippen LogP contribution in [-0.4, -0.2) is 60.1 Å². The number of aromatic amines is 1. The van der Waals surface area contributed by atoms with Gasteiger partial charge >= 0.3 is 5.97 Å². The van der Waals surface area contributed by atoms with Crippen molar-refractivity contribution in [1.82, 2.24) is 15.3 Å². The van der Waals surface area contributed by atoms with Crippen molar-refractivity contribution in [3.63, 3.8) is 0 Å². The Morgan fingerprint density at radius 1 is 1.45 bits per heavy atom. The van der Waals surface area contributed by atoms with E-state index in [4.69, 9.17) is 27.9 Å². The highest BCUT2D eigenvalue weighted by atomic mass is 35.5. The number of ether oxygens (including phenoxy) is 1. The fraction of sp³-hybridized carbons (Fsp3) is 0.500. The van der Waals surface area contributed by atoms with Crippen molar-refractivity contribution >= 4 is 63.3 Å². The van der Waals surface area contributed by atoms with Crippen LogP contribution in [0.25, 0.3) is 0 Å². The standard InChI is InChI=1S/C18H22Cl2N4O3S2/c1-9-13(19)14(20)15(22-9)16(25)23-11-4-5-24(7-10(11)8-28-3)18-21-6-12(29-18)17(26)27-2/h6,10-11,22H,4-5,7-8H2,1-3H3,(H,23,25)/t10-,11-/m1/s1. The number of anilines is 1. The van der Waals surface area contributed by atoms with Crippen molar-refractivity contribution in [3.05, 3.63) is 32.5 Å². The van der Waals surface area contributed by atoms with E-state index in [9.17, 15) is 9.59 Å². The molecule has 1 amide bonds. The molecule has 3 heterocycles. The van der Waals surface area contributed by atoms with Gasteiger partial charge in [-0.05, 0) is 25.4 Å². The smallest absolute Gasteiger partial charge is 0.349 e. The highest BCUT2D eigenvalue weighted by Gasteiger charge is 2.32. The van der Waals surface area contributed by atoms with Gasteiger partial charge in [-0.25, -0.2) is 9.78 Å². The summed E-state index contributed by atoms with van der Waals surface area (Å²) >= 11 is 15.3. The summed E-state index contributed by atoms with van der Waals surface area (Å²) in [5.74, 6) is 0.471. The van der Waals surface area contributed by atoms with Crippen LogP contribution in [0, 0.1) is 12.8 Å². The molecule has 0 saturated carbocycles. The average Bonchev–Trinajstić information content (AvgIpc) is 3.30. The highest BCUT2D eigenvalue weighted by Crippen LogP contribution is 2.31. The van der Waals surface area contributed by atoms with Gasteiger partial charge in [0.1, 0.15) is 10.6 Å². The molecule has 1 fully saturated rings. The van der Waals surface area contributed by atoms with E-state index in [-0.39, 0.29) is 28.9 Å². The lowest BCUT2D eigenvalue weighted by atomic mass is 9.93. The van der Waals surface area contributed by atoms with Crippen LogP contribution in [0.5, 0.6) is 0 Å². The van der Waals surface area contributed by atoms with Gasteiger partial charge in [-0.1, -0.05) is 34.5 Å². The Kier molecular flexibility index (Phi) is 7.37. The minimum Gasteiger partial charge on any atom is -0.465 e. The fourth-order valence-electron chi connectivity index (χ4n) is 3.35. The number of thioether (sulfide) groups is 1. The summed E-state index contributed by atoms with van der Waals surface area (Å²) in [5.41, 5.74) is 0.963. The van der Waals surface area contributed by atoms with Crippen LogP contribution in [-0.2, 0) is 4.74 Å². The fourth-order valence-corrected chi connectivity index (χ4v) is 5.41. The molecule has 158 valence electrons. The Morgan fingerprint density at radius 2 is 2.21 bits per heavy atom. The van der Waals surface area contributed by atoms with Gasteiger partial charge in [0.05, 0.1) is 23.4 Å². The second-order valence-electron chi connectivity index (χ2n) is 6.78. The summed E-state index contributed by atoms with van der Waals surface area (Å²) in [4.78, 5) is 34.4. The Balaban J connectivity index is 1.70. The lowest BCUT2D eigenvalue weighted by molar-refractivity contribution is 0.0606. The zero-order valence-corrected chi connectivity index (χ0v) is 19.4. The zero-order valence-electron chi connectivity index (χ0n) is 16.3. The van der Waals surface area contributed by atoms with Crippen molar-refractivity contribution in [2.45, 2.75) is 19.4 Å². The minimum atomic E-state index is -0.381. The van der Waals surface area contributed by atoms with E-state index in [1.807, 2.05) is 6.26 Å². The number of amides is 1. The lowest BCUT2D eigenvalue weighted by Gasteiger charge is -2.38. The summed E-state index contributed by atoms with van der Waals surface area (Å²) in [7, 11) is 1.36. The van der Waals surface area contributed by atoms with Crippen molar-refractivity contribution in [1.29, 1.82) is 0 Å². The van der Waals surface area contributed by atoms with Gasteiger partial charge in [0, 0.05) is 30.7 Å². The number of carbonyl (C=O) groups excluding carboxylic acids is 2. The molecule has 11 heteroatoms. The third-order valence-corrected chi connectivity index (χ3v) is 7.61. The second kappa shape index (κ2) is 9.59. The number of nitrogens with one attached hydrogen (secondary N) is 2. The second-order valence-corrected chi connectivity index (χ2v) is 9.46. The number of hydrogen-bond acceptors (Lipinski definition) is 7. The maximum atomic E-state index is 12.7. The van der Waals surface area contributed by atoms with Gasteiger partial charge in [0.15, 0.2) is 5.13 Å². The molecular formula is C18H22Cl2N4O3S2. The quantitative estimate of drug-likeness (QED) is 0.615. The molecule has 1 aliphatic heterocycles. The Bertz CT molecular complexity index is 902. The largest absolute Gasteiger partial charge is 0.465 e. The van der Waals surface area contributed by atoms with Crippen LogP contribution in [0.2, 0.25) is 10.0 Å². The lowest BCUT2D eigenvalue weighted by Crippen LogP contribution is -2.52. The molecule has 0 aliphatic carbocycles. The number of nitrogens with zero attached hydrogens (tertiary/aromatic N) is 2. The monoisotopic (exact) mass is 476 g/mol. The first kappa shape index (κ1) is 22.3. The molecular weight excluding hydrogens is 455 g/mol. The molecule has 2 atom stereocenters. The number of thiazole rings is 1. The molecule has 0 aromatic carbocycles. The number of aromatic nitrogens is 2. The molecule has 0 unspecified atom stereocenters. The Morgan fingerprint density at radius 3 is 2.83 bits per heavy atom. The van der Waals surface area contributed by atoms with Crippen LogP contribution >= 0.6 is 46.3 Å². The summed E-state index contributed by atoms with van der Waals surface area (Å²) in [6.45, 7) is 3.23. The molecule has 0 radical (unpaired) electrons. The number of hydrogen-bond donors (Lipinski definition) is 2. The predicted octanol–water partition coefficient (Wildman–Crippen LogP) is 3.86. The normalized spacial score (nSPS) is 19.3. The van der Waals surface area contributed by atoms with Gasteiger partial charge in [0.2, 0.25) is 0 Å². The number of halogens is 2. The number of methoxy groups -OCH3 is 1. The van der Waals surface area contributed by atoms with Crippen LogP contribution in [0.3, 0.4) is 0 Å². The predicted molar refractivity (Wildman–Crippen MR) is 119 cm³/mol. The summed E-state index contributed by atoms with van der Waals surface area (Å²) < 4.78 is 4.76. The van der Waals surface area contributed by atoms with Crippen molar-refractivity contribution in [2.75, 3.05) is 37.1 Å². The van der Waals surface area contributed by atoms with Crippen LogP contribution in [0.1, 0.15) is 32.3 Å². The number of carbonyl (C=O) groups is 2. The maximum absolute atomic E-state index is 12.7. The first-order chi connectivity index (χ1) is 13.8. The number of piperidine rings is 1. The first-order valence-corrected chi connectivity index (χ1v) is 11.9. The Labute approximate surface area is 187 Å². The van der Waals surface area contributed by atoms with Crippen molar-refractivity contribution in [3.8, 4) is 0 Å². The molecule has 2 N–H and O–H groups in total. The molecule has 0 spiro atoms. The van der Waals surface area contributed by atoms with E-state index in [2.05, 4.69) is 20.2 Å². The van der Waals surface area contributed by atoms with E-state index in [1.165, 1.54) is 18.4 Å². The maximum Gasteiger partial charge on any atom is 0.349 e. The molecule has 2 aromatic rings. The molecule has 1 aliphatic rings. The van der Waals surface area contributed by atoms with Gasteiger partial charge in [-0.15, -0.1) is 0 Å². The highest BCUT2D eigenvalue weighted by molar-refractivity contribution is 7.98. The molecule has 3 rings (SSSR count). The third-order valence-electron chi connectivity index (χ3n) is 4.86. The number of H-pyrrole nitrogens is 1. The topological polar surface area (TPSA) is 87.3 Å². The van der Waals surface area contributed by atoms with Gasteiger partial charge in [-0.3, -0.25) is 4.79 Å². The van der Waals surface area contributed by atoms with E-state index in [0.29, 0.717) is 21.3 Å². The first-order valence-electron chi connectivity index (χ1n) is 8.98. The molecule has 1 saturated heterocycles. The molecule has 7 nitrogen and oxygen atoms in total. The van der Waals surface area contributed by atoms with Crippen molar-refractivity contribution < 1.29 is 14.3 Å². The van der Waals surface area contributed by atoms with Crippen LogP contribution in [0.4, 0.5) is 5.13 Å². The van der Waals surface area contributed by atoms with Gasteiger partial charge in [-0.2, -0.15) is 11.8 Å². The van der Waals surface area contributed by atoms with Gasteiger partial charge < -0.3 is 19.9 Å². The van der Waals surface area contributed by atoms with Crippen molar-refractivity contribution in [2.24, 2.45) is 5.92 Å². The molecule has 0 bridgehead atoms. The SMILES string of the molecule is COC(=O)c1cnc(N2CC[C@@H](NC(=O)c3[nH]c(C)c(Cl)c3Cl)[C@@H](CSC)C2)s1. The average molecular weight is 477 g/mol. The van der Waals surface area contributed by atoms with Gasteiger partial charge in [0.25, 0.3) is 5.91 Å².